The van der Waals surface area contributed by atoms with Gasteiger partial charge in [0, 0.05) is 5.69 Å². The maximum atomic E-state index is 12.0. The van der Waals surface area contributed by atoms with Gasteiger partial charge in [-0.05, 0) is 29.7 Å². The standard InChI is InChI=1S/C22H28N4O/c1-2-19-8-10-20(11-9-19)18-23-24-22(27)12-13-25-14-16-26(17-15-25)21-6-4-3-5-7-21/h3-11,18H,2,12-17H2,1H3,(H,24,27)/p+1/b23-18-. The summed E-state index contributed by atoms with van der Waals surface area (Å²) in [7, 11) is 0. The van der Waals surface area contributed by atoms with Crippen molar-refractivity contribution in [3.05, 3.63) is 65.7 Å². The normalized spacial score (nSPS) is 15.2. The molecule has 1 aliphatic heterocycles. The number of anilines is 1. The highest BCUT2D eigenvalue weighted by Gasteiger charge is 2.20. The summed E-state index contributed by atoms with van der Waals surface area (Å²) in [6.07, 6.45) is 3.23. The van der Waals surface area contributed by atoms with Crippen molar-refractivity contribution >= 4 is 17.8 Å². The lowest BCUT2D eigenvalue weighted by Crippen LogP contribution is -3.15. The van der Waals surface area contributed by atoms with Gasteiger partial charge in [-0.2, -0.15) is 5.10 Å². The first-order valence-corrected chi connectivity index (χ1v) is 9.79. The van der Waals surface area contributed by atoms with E-state index in [2.05, 4.69) is 58.7 Å². The molecule has 0 aromatic heterocycles. The van der Waals surface area contributed by atoms with E-state index >= 15 is 0 Å². The molecule has 5 heteroatoms. The molecule has 1 fully saturated rings. The summed E-state index contributed by atoms with van der Waals surface area (Å²) in [5, 5.41) is 4.07. The lowest BCUT2D eigenvalue weighted by Gasteiger charge is -2.33. The number of benzene rings is 2. The van der Waals surface area contributed by atoms with Crippen molar-refractivity contribution in [2.75, 3.05) is 37.6 Å². The number of carbonyl (C=O) groups excluding carboxylic acids is 1. The smallest absolute Gasteiger partial charge is 0.245 e. The highest BCUT2D eigenvalue weighted by Crippen LogP contribution is 2.12. The average Bonchev–Trinajstić information content (AvgIpc) is 2.74. The zero-order valence-corrected chi connectivity index (χ0v) is 16.0. The number of nitrogens with zero attached hydrogens (tertiary/aromatic N) is 2. The molecule has 0 radical (unpaired) electrons. The Morgan fingerprint density at radius 1 is 1.11 bits per heavy atom. The lowest BCUT2D eigenvalue weighted by molar-refractivity contribution is -0.900. The predicted molar refractivity (Wildman–Crippen MR) is 110 cm³/mol. The Hall–Kier alpha value is -2.66. The van der Waals surface area contributed by atoms with E-state index < -0.39 is 0 Å². The second kappa shape index (κ2) is 9.88. The third kappa shape index (κ3) is 5.93. The molecule has 3 rings (SSSR count). The topological polar surface area (TPSA) is 49.1 Å². The quantitative estimate of drug-likeness (QED) is 0.577. The third-order valence-corrected chi connectivity index (χ3v) is 5.09. The first kappa shape index (κ1) is 19.1. The maximum Gasteiger partial charge on any atom is 0.245 e. The zero-order valence-electron chi connectivity index (χ0n) is 16.0. The number of nitrogens with one attached hydrogen (secondary N) is 2. The molecule has 0 unspecified atom stereocenters. The number of para-hydroxylation sites is 1. The molecule has 2 aromatic carbocycles. The van der Waals surface area contributed by atoms with Gasteiger partial charge in [0.15, 0.2) is 0 Å². The fraction of sp³-hybridized carbons (Fsp3) is 0.364. The van der Waals surface area contributed by atoms with Crippen LogP contribution in [0.15, 0.2) is 59.7 Å². The molecule has 0 saturated carbocycles. The molecule has 1 heterocycles. The highest BCUT2D eigenvalue weighted by molar-refractivity contribution is 5.82. The molecule has 1 aliphatic rings. The Bertz CT molecular complexity index is 735. The van der Waals surface area contributed by atoms with Crippen LogP contribution < -0.4 is 15.2 Å². The number of rotatable bonds is 7. The van der Waals surface area contributed by atoms with Crippen LogP contribution in [0, 0.1) is 0 Å². The van der Waals surface area contributed by atoms with Crippen LogP contribution in [-0.4, -0.2) is 44.8 Å². The Balaban J connectivity index is 1.35. The van der Waals surface area contributed by atoms with Gasteiger partial charge >= 0.3 is 0 Å². The van der Waals surface area contributed by atoms with Crippen LogP contribution in [-0.2, 0) is 11.2 Å². The van der Waals surface area contributed by atoms with Crippen molar-refractivity contribution in [2.24, 2.45) is 5.10 Å². The Morgan fingerprint density at radius 3 is 2.48 bits per heavy atom. The van der Waals surface area contributed by atoms with Crippen molar-refractivity contribution in [3.63, 3.8) is 0 Å². The minimum Gasteiger partial charge on any atom is -0.360 e. The van der Waals surface area contributed by atoms with Gasteiger partial charge in [-0.15, -0.1) is 0 Å². The molecule has 0 atom stereocenters. The van der Waals surface area contributed by atoms with E-state index in [0.717, 1.165) is 44.7 Å². The number of hydrogen-bond donors (Lipinski definition) is 2. The average molecular weight is 366 g/mol. The molecule has 0 aliphatic carbocycles. The molecule has 2 N–H and O–H groups in total. The van der Waals surface area contributed by atoms with Gasteiger partial charge in [0.2, 0.25) is 5.91 Å². The SMILES string of the molecule is CCc1ccc(/C=N\NC(=O)CC[NH+]2CCN(c3ccccc3)CC2)cc1. The van der Waals surface area contributed by atoms with Gasteiger partial charge in [-0.1, -0.05) is 49.4 Å². The largest absolute Gasteiger partial charge is 0.360 e. The maximum absolute atomic E-state index is 12.0. The van der Waals surface area contributed by atoms with E-state index in [-0.39, 0.29) is 5.91 Å². The first-order chi connectivity index (χ1) is 13.2. The van der Waals surface area contributed by atoms with Crippen molar-refractivity contribution in [3.8, 4) is 0 Å². The van der Waals surface area contributed by atoms with Gasteiger partial charge in [0.1, 0.15) is 0 Å². The van der Waals surface area contributed by atoms with E-state index in [4.69, 9.17) is 0 Å². The van der Waals surface area contributed by atoms with Gasteiger partial charge < -0.3 is 9.80 Å². The molecular formula is C22H29N4O+. The van der Waals surface area contributed by atoms with E-state index in [1.807, 2.05) is 18.2 Å². The number of quaternary nitrogens is 1. The number of piperazine rings is 1. The van der Waals surface area contributed by atoms with Crippen molar-refractivity contribution < 1.29 is 9.69 Å². The molecule has 0 bridgehead atoms. The molecule has 2 aromatic rings. The molecule has 1 amide bonds. The Kier molecular flexibility index (Phi) is 6.99. The first-order valence-electron chi connectivity index (χ1n) is 9.79. The summed E-state index contributed by atoms with van der Waals surface area (Å²) in [6, 6.07) is 18.7. The van der Waals surface area contributed by atoms with Crippen LogP contribution in [0.25, 0.3) is 0 Å². The van der Waals surface area contributed by atoms with Gasteiger partial charge in [0.25, 0.3) is 0 Å². The lowest BCUT2D eigenvalue weighted by atomic mass is 10.1. The summed E-state index contributed by atoms with van der Waals surface area (Å²) in [5.41, 5.74) is 6.22. The fourth-order valence-electron chi connectivity index (χ4n) is 3.33. The molecule has 27 heavy (non-hydrogen) atoms. The minimum absolute atomic E-state index is 0.0191. The van der Waals surface area contributed by atoms with Crippen LogP contribution in [0.1, 0.15) is 24.5 Å². The number of aryl methyl sites for hydroxylation is 1. The second-order valence-electron chi connectivity index (χ2n) is 6.96. The summed E-state index contributed by atoms with van der Waals surface area (Å²) in [4.78, 5) is 15.9. The second-order valence-corrected chi connectivity index (χ2v) is 6.96. The van der Waals surface area contributed by atoms with E-state index in [1.165, 1.54) is 16.2 Å². The Morgan fingerprint density at radius 2 is 1.81 bits per heavy atom. The molecule has 5 nitrogen and oxygen atoms in total. The number of hydrazone groups is 1. The highest BCUT2D eigenvalue weighted by atomic mass is 16.2. The zero-order chi connectivity index (χ0) is 18.9. The van der Waals surface area contributed by atoms with Crippen LogP contribution >= 0.6 is 0 Å². The molecule has 1 saturated heterocycles. The van der Waals surface area contributed by atoms with Gasteiger partial charge in [-0.25, -0.2) is 5.43 Å². The van der Waals surface area contributed by atoms with E-state index in [1.54, 1.807) is 6.21 Å². The van der Waals surface area contributed by atoms with Crippen LogP contribution in [0.3, 0.4) is 0 Å². The van der Waals surface area contributed by atoms with Crippen LogP contribution in [0.2, 0.25) is 0 Å². The van der Waals surface area contributed by atoms with E-state index in [0.29, 0.717) is 6.42 Å². The third-order valence-electron chi connectivity index (χ3n) is 5.09. The van der Waals surface area contributed by atoms with Crippen LogP contribution in [0.4, 0.5) is 5.69 Å². The Labute approximate surface area is 161 Å². The number of amides is 1. The summed E-state index contributed by atoms with van der Waals surface area (Å²) in [6.45, 7) is 7.19. The molecule has 0 spiro atoms. The van der Waals surface area contributed by atoms with Crippen molar-refractivity contribution in [2.45, 2.75) is 19.8 Å². The summed E-state index contributed by atoms with van der Waals surface area (Å²) < 4.78 is 0. The summed E-state index contributed by atoms with van der Waals surface area (Å²) >= 11 is 0. The number of hydrogen-bond acceptors (Lipinski definition) is 3. The van der Waals surface area contributed by atoms with Gasteiger partial charge in [0.05, 0.1) is 45.4 Å². The van der Waals surface area contributed by atoms with Crippen molar-refractivity contribution in [1.82, 2.24) is 5.43 Å². The van der Waals surface area contributed by atoms with Crippen LogP contribution in [0.5, 0.6) is 0 Å². The van der Waals surface area contributed by atoms with Gasteiger partial charge in [-0.3, -0.25) is 4.79 Å². The number of carbonyl (C=O) groups is 1. The monoisotopic (exact) mass is 365 g/mol. The predicted octanol–water partition coefficient (Wildman–Crippen LogP) is 1.49. The molecule has 142 valence electrons. The molecular weight excluding hydrogens is 336 g/mol. The summed E-state index contributed by atoms with van der Waals surface area (Å²) in [5.74, 6) is -0.0191. The minimum atomic E-state index is -0.0191. The van der Waals surface area contributed by atoms with Crippen molar-refractivity contribution in [1.29, 1.82) is 0 Å². The fourth-order valence-corrected chi connectivity index (χ4v) is 3.33. The van der Waals surface area contributed by atoms with E-state index in [9.17, 15) is 4.79 Å².